The largest absolute Gasteiger partial charge is 0.497 e. The molecule has 5 aromatic carbocycles. The van der Waals surface area contributed by atoms with Gasteiger partial charge in [0.2, 0.25) is 25.9 Å². The molecule has 408 valence electrons. The molecule has 1 aliphatic heterocycles. The molecule has 7 aromatic rings. The quantitative estimate of drug-likeness (QED) is 0.0732. The van der Waals surface area contributed by atoms with Crippen LogP contribution >= 0.6 is 0 Å². The number of hydrogen-bond donors (Lipinski definition) is 3. The first-order valence-electron chi connectivity index (χ1n) is 24.8. The molecule has 23 heteroatoms. The monoisotopic (exact) mass is 1090 g/mol. The molecule has 0 saturated carbocycles. The van der Waals surface area contributed by atoms with E-state index in [1.165, 1.54) is 40.4 Å². The maximum atomic E-state index is 16.4. The van der Waals surface area contributed by atoms with Crippen molar-refractivity contribution in [2.24, 2.45) is 0 Å². The van der Waals surface area contributed by atoms with Gasteiger partial charge in [-0.2, -0.15) is 9.10 Å². The molecule has 1 fully saturated rings. The minimum atomic E-state index is -5.03. The third-order valence-corrected chi connectivity index (χ3v) is 15.9. The molecule has 21 nitrogen and oxygen atoms in total. The fourth-order valence-electron chi connectivity index (χ4n) is 8.66. The number of nitrogens with zero attached hydrogens (tertiary/aromatic N) is 7. The summed E-state index contributed by atoms with van der Waals surface area (Å²) in [5.41, 5.74) is 1.53. The molecular weight excluding hydrogens is 1030 g/mol. The third kappa shape index (κ3) is 13.3. The summed E-state index contributed by atoms with van der Waals surface area (Å²) in [4.78, 5) is 35.8. The van der Waals surface area contributed by atoms with E-state index in [2.05, 4.69) is 25.3 Å². The van der Waals surface area contributed by atoms with Gasteiger partial charge in [0.05, 0.1) is 50.5 Å². The number of ether oxygens (including phenoxy) is 5. The van der Waals surface area contributed by atoms with E-state index in [1.54, 1.807) is 134 Å². The molecule has 1 saturated heterocycles. The van der Waals surface area contributed by atoms with Gasteiger partial charge in [0.25, 0.3) is 0 Å². The van der Waals surface area contributed by atoms with Gasteiger partial charge in [-0.25, -0.2) is 36.1 Å². The third-order valence-electron chi connectivity index (χ3n) is 12.3. The van der Waals surface area contributed by atoms with Gasteiger partial charge in [0.1, 0.15) is 44.1 Å². The predicted octanol–water partition coefficient (Wildman–Crippen LogP) is 8.22. The second-order valence-corrected chi connectivity index (χ2v) is 24.1. The first kappa shape index (κ1) is 55.6. The molecule has 0 bridgehead atoms. The molecule has 1 unspecified atom stereocenters. The number of methoxy groups -OCH3 is 3. The molecule has 3 N–H and O–H groups in total. The van der Waals surface area contributed by atoms with E-state index in [0.29, 0.717) is 50.8 Å². The van der Waals surface area contributed by atoms with Crippen LogP contribution in [0, 0.1) is 0 Å². The Kier molecular flexibility index (Phi) is 16.3. The molecule has 0 spiro atoms. The Balaban J connectivity index is 1.36. The van der Waals surface area contributed by atoms with Crippen LogP contribution < -0.4 is 24.2 Å². The summed E-state index contributed by atoms with van der Waals surface area (Å²) in [7, 11) is -5.26. The summed E-state index contributed by atoms with van der Waals surface area (Å²) in [6, 6.07) is 27.3. The average Bonchev–Trinajstić information content (AvgIpc) is 4.16. The van der Waals surface area contributed by atoms with Gasteiger partial charge in [-0.05, 0) is 131 Å². The van der Waals surface area contributed by atoms with Crippen LogP contribution in [0.4, 0.5) is 9.59 Å². The van der Waals surface area contributed by atoms with Crippen LogP contribution in [0.5, 0.6) is 17.2 Å². The summed E-state index contributed by atoms with van der Waals surface area (Å²) < 4.78 is 94.7. The van der Waals surface area contributed by atoms with Gasteiger partial charge < -0.3 is 38.9 Å². The van der Waals surface area contributed by atoms with Crippen LogP contribution in [0.15, 0.2) is 113 Å². The number of alkyl carbamates (subject to hydrolysis) is 1. The van der Waals surface area contributed by atoms with Crippen LogP contribution in [0.3, 0.4) is 0 Å². The highest BCUT2D eigenvalue weighted by Gasteiger charge is 2.40. The molecule has 1 aliphatic rings. The lowest BCUT2D eigenvalue weighted by atomic mass is 9.98. The summed E-state index contributed by atoms with van der Waals surface area (Å²) in [6.45, 7) is 11.9. The molecule has 2 aromatic heterocycles. The number of likely N-dealkylation sites (tertiary alicyclic amines) is 1. The van der Waals surface area contributed by atoms with E-state index in [-0.39, 0.29) is 56.1 Å². The standard InChI is InChI=1S/C54H64N10O11S2/c1-34(55-51(65)74-53(2,3)4)49-56-44-13-11-12-43(47(44)57-49)42-26-27-45(76(67,68)60-38-28-29-62(33-38)52(66)75-54(5,6)7)48(46(42)50-58-61-64(59-50)32-37-18-24-41(73-10)25-19-37)77(69,70)63(30-35-14-20-39(71-8)21-15-35)31-36-16-22-40(72-9)23-17-36/h11-27,34,38,60H,28-33H2,1-10H3,(H,55,65)(H,56,57)/t34?,38-/m1/s1. The van der Waals surface area contributed by atoms with E-state index in [9.17, 15) is 9.59 Å². The number of imidazole rings is 1. The number of rotatable bonds is 18. The second kappa shape index (κ2) is 22.5. The highest BCUT2D eigenvalue weighted by Crippen LogP contribution is 2.43. The zero-order chi connectivity index (χ0) is 55.5. The molecule has 8 rings (SSSR count). The van der Waals surface area contributed by atoms with Gasteiger partial charge in [-0.15, -0.1) is 10.2 Å². The molecular formula is C54H64N10O11S2. The maximum Gasteiger partial charge on any atom is 0.410 e. The summed E-state index contributed by atoms with van der Waals surface area (Å²) >= 11 is 0. The van der Waals surface area contributed by atoms with Crippen LogP contribution in [0.1, 0.15) is 83.4 Å². The first-order chi connectivity index (χ1) is 36.4. The Morgan fingerprint density at radius 2 is 1.32 bits per heavy atom. The summed E-state index contributed by atoms with van der Waals surface area (Å²) in [5.74, 6) is 1.84. The number of nitrogens with one attached hydrogen (secondary N) is 3. The lowest BCUT2D eigenvalue weighted by Gasteiger charge is -2.27. The smallest absolute Gasteiger partial charge is 0.410 e. The maximum absolute atomic E-state index is 16.4. The first-order valence-corrected chi connectivity index (χ1v) is 27.7. The lowest BCUT2D eigenvalue weighted by Crippen LogP contribution is -2.41. The van der Waals surface area contributed by atoms with Crippen molar-refractivity contribution in [3.05, 3.63) is 126 Å². The van der Waals surface area contributed by atoms with Gasteiger partial charge in [-0.1, -0.05) is 54.6 Å². The predicted molar refractivity (Wildman–Crippen MR) is 287 cm³/mol. The van der Waals surface area contributed by atoms with Crippen LogP contribution in [-0.4, -0.2) is 120 Å². The Bertz CT molecular complexity index is 3420. The van der Waals surface area contributed by atoms with Gasteiger partial charge >= 0.3 is 12.2 Å². The number of aromatic amines is 1. The SMILES string of the molecule is COc1ccc(CN(Cc2ccc(OC)cc2)S(=O)(=O)c2c(S(=O)(=O)N[C@@H]3CCN(C(=O)OC(C)(C)C)C3)ccc(-c3cccc4[nH]c(C(C)NC(=O)OC(C)(C)C)nc34)c2-c2nnn(Cc3ccc(OC)cc3)n2)cc1. The number of carbonyl (C=O) groups is 2. The highest BCUT2D eigenvalue weighted by atomic mass is 32.2. The van der Waals surface area contributed by atoms with Crippen LogP contribution in [-0.2, 0) is 49.2 Å². The second-order valence-electron chi connectivity index (χ2n) is 20.5. The van der Waals surface area contributed by atoms with E-state index in [1.807, 2.05) is 12.1 Å². The van der Waals surface area contributed by atoms with Crippen molar-refractivity contribution in [3.63, 3.8) is 0 Å². The van der Waals surface area contributed by atoms with Gasteiger partial charge in [-0.3, -0.25) is 0 Å². The zero-order valence-corrected chi connectivity index (χ0v) is 46.3. The highest BCUT2D eigenvalue weighted by molar-refractivity contribution is 7.92. The Labute approximate surface area is 448 Å². The Morgan fingerprint density at radius 1 is 0.753 bits per heavy atom. The Hall–Kier alpha value is -7.60. The van der Waals surface area contributed by atoms with Crippen molar-refractivity contribution in [2.75, 3.05) is 34.4 Å². The number of sulfonamides is 2. The van der Waals surface area contributed by atoms with E-state index in [0.717, 1.165) is 5.56 Å². The number of benzene rings is 5. The number of carbonyl (C=O) groups excluding carboxylic acids is 2. The fraction of sp³-hybridized carbons (Fsp3) is 0.370. The number of amides is 2. The molecule has 2 amide bonds. The summed E-state index contributed by atoms with van der Waals surface area (Å²) in [5, 5.41) is 16.5. The van der Waals surface area contributed by atoms with Crippen LogP contribution in [0.2, 0.25) is 0 Å². The molecule has 3 heterocycles. The van der Waals surface area contributed by atoms with E-state index < -0.39 is 65.3 Å². The van der Waals surface area contributed by atoms with Crippen molar-refractivity contribution >= 4 is 43.3 Å². The van der Waals surface area contributed by atoms with Crippen LogP contribution in [0.25, 0.3) is 33.5 Å². The number of hydrogen-bond acceptors (Lipinski definition) is 15. The molecule has 0 aliphatic carbocycles. The topological polar surface area (TPSA) is 251 Å². The zero-order valence-electron chi connectivity index (χ0n) is 44.7. The van der Waals surface area contributed by atoms with Gasteiger partial charge in [0, 0.05) is 37.8 Å². The van der Waals surface area contributed by atoms with Crippen molar-refractivity contribution in [1.29, 1.82) is 0 Å². The van der Waals surface area contributed by atoms with Crippen molar-refractivity contribution in [3.8, 4) is 39.8 Å². The fourth-order valence-corrected chi connectivity index (χ4v) is 12.3. The normalized spacial score (nSPS) is 14.6. The lowest BCUT2D eigenvalue weighted by molar-refractivity contribution is 0.0291. The van der Waals surface area contributed by atoms with Crippen molar-refractivity contribution in [2.45, 2.75) is 108 Å². The number of fused-ring (bicyclic) bond motifs is 1. The molecule has 0 radical (unpaired) electrons. The number of tetrazole rings is 1. The Morgan fingerprint density at radius 3 is 1.88 bits per heavy atom. The average molecular weight is 1090 g/mol. The van der Waals surface area contributed by atoms with Crippen molar-refractivity contribution < 1.29 is 50.1 Å². The molecule has 2 atom stereocenters. The molecule has 77 heavy (non-hydrogen) atoms. The number of para-hydroxylation sites is 1. The minimum Gasteiger partial charge on any atom is -0.497 e. The van der Waals surface area contributed by atoms with Gasteiger partial charge in [0.15, 0.2) is 0 Å². The minimum absolute atomic E-state index is 0.0474. The van der Waals surface area contributed by atoms with E-state index >= 15 is 16.8 Å². The number of H-pyrrole nitrogens is 1. The summed E-state index contributed by atoms with van der Waals surface area (Å²) in [6.07, 6.45) is -1.07. The van der Waals surface area contributed by atoms with Crippen molar-refractivity contribution in [1.82, 2.24) is 49.4 Å². The number of aromatic nitrogens is 6. The van der Waals surface area contributed by atoms with E-state index in [4.69, 9.17) is 33.8 Å².